The average molecular weight is 335 g/mol. The summed E-state index contributed by atoms with van der Waals surface area (Å²) in [7, 11) is 0. The number of nitrogens with two attached hydrogens (primary N) is 1. The van der Waals surface area contributed by atoms with Crippen molar-refractivity contribution in [2.24, 2.45) is 5.73 Å². The molecule has 2 N–H and O–H groups in total. The van der Waals surface area contributed by atoms with Crippen molar-refractivity contribution in [3.63, 3.8) is 0 Å². The van der Waals surface area contributed by atoms with Gasteiger partial charge in [0.25, 0.3) is 0 Å². The predicted molar refractivity (Wildman–Crippen MR) is 84.5 cm³/mol. The summed E-state index contributed by atoms with van der Waals surface area (Å²) in [6.07, 6.45) is 0. The molecule has 0 amide bonds. The number of benzene rings is 2. The Hall–Kier alpha value is -0.440. The SMILES string of the molecule is CC(N)c1ccccc1-c1c(Cl)c(Cl)cc(Cl)c1Cl. The molecule has 0 spiro atoms. The van der Waals surface area contributed by atoms with Crippen LogP contribution in [0.2, 0.25) is 20.1 Å². The molecule has 1 atom stereocenters. The van der Waals surface area contributed by atoms with Gasteiger partial charge in [-0.15, -0.1) is 0 Å². The highest BCUT2D eigenvalue weighted by Gasteiger charge is 2.18. The quantitative estimate of drug-likeness (QED) is 0.671. The van der Waals surface area contributed by atoms with E-state index in [-0.39, 0.29) is 6.04 Å². The van der Waals surface area contributed by atoms with Gasteiger partial charge in [0.15, 0.2) is 0 Å². The van der Waals surface area contributed by atoms with Gasteiger partial charge < -0.3 is 5.73 Å². The molecule has 0 bridgehead atoms. The van der Waals surface area contributed by atoms with E-state index in [1.54, 1.807) is 0 Å². The van der Waals surface area contributed by atoms with Crippen LogP contribution in [0.3, 0.4) is 0 Å². The highest BCUT2D eigenvalue weighted by molar-refractivity contribution is 6.50. The lowest BCUT2D eigenvalue weighted by molar-refractivity contribution is 0.820. The second-order valence-corrected chi connectivity index (χ2v) is 5.79. The van der Waals surface area contributed by atoms with Crippen LogP contribution in [0.5, 0.6) is 0 Å². The molecule has 2 aromatic rings. The zero-order valence-electron chi connectivity index (χ0n) is 10.1. The third-order valence-corrected chi connectivity index (χ3v) is 4.41. The Morgan fingerprint density at radius 3 is 2.00 bits per heavy atom. The average Bonchev–Trinajstić information content (AvgIpc) is 2.37. The van der Waals surface area contributed by atoms with Gasteiger partial charge in [-0.1, -0.05) is 70.7 Å². The van der Waals surface area contributed by atoms with E-state index in [0.717, 1.165) is 11.1 Å². The first kappa shape index (κ1) is 15.0. The summed E-state index contributed by atoms with van der Waals surface area (Å²) in [6, 6.07) is 9.02. The van der Waals surface area contributed by atoms with Crippen molar-refractivity contribution in [2.45, 2.75) is 13.0 Å². The molecule has 1 nitrogen and oxygen atoms in total. The van der Waals surface area contributed by atoms with E-state index >= 15 is 0 Å². The van der Waals surface area contributed by atoms with Crippen molar-refractivity contribution >= 4 is 46.4 Å². The van der Waals surface area contributed by atoms with Crippen LogP contribution in [0.4, 0.5) is 0 Å². The fourth-order valence-electron chi connectivity index (χ4n) is 1.93. The van der Waals surface area contributed by atoms with Gasteiger partial charge in [0.1, 0.15) is 0 Å². The van der Waals surface area contributed by atoms with Crippen LogP contribution in [0.25, 0.3) is 11.1 Å². The van der Waals surface area contributed by atoms with E-state index in [2.05, 4.69) is 0 Å². The molecule has 0 aliphatic rings. The summed E-state index contributed by atoms with van der Waals surface area (Å²) in [6.45, 7) is 1.90. The van der Waals surface area contributed by atoms with E-state index < -0.39 is 0 Å². The summed E-state index contributed by atoms with van der Waals surface area (Å²) in [5.74, 6) is 0. The third-order valence-electron chi connectivity index (χ3n) is 2.83. The highest BCUT2D eigenvalue weighted by Crippen LogP contribution is 2.44. The van der Waals surface area contributed by atoms with Crippen molar-refractivity contribution in [3.8, 4) is 11.1 Å². The van der Waals surface area contributed by atoms with Crippen LogP contribution in [-0.4, -0.2) is 0 Å². The van der Waals surface area contributed by atoms with Crippen LogP contribution in [0.1, 0.15) is 18.5 Å². The van der Waals surface area contributed by atoms with E-state index in [1.165, 1.54) is 6.07 Å². The van der Waals surface area contributed by atoms with Gasteiger partial charge in [-0.3, -0.25) is 0 Å². The molecule has 2 rings (SSSR count). The van der Waals surface area contributed by atoms with Crippen LogP contribution in [0.15, 0.2) is 30.3 Å². The fourth-order valence-corrected chi connectivity index (χ4v) is 2.94. The Morgan fingerprint density at radius 1 is 0.947 bits per heavy atom. The van der Waals surface area contributed by atoms with E-state index in [4.69, 9.17) is 52.1 Å². The summed E-state index contributed by atoms with van der Waals surface area (Å²) >= 11 is 24.7. The van der Waals surface area contributed by atoms with Gasteiger partial charge in [0.2, 0.25) is 0 Å². The Labute approximate surface area is 132 Å². The molecule has 0 fully saturated rings. The molecule has 2 aromatic carbocycles. The molecule has 1 unspecified atom stereocenters. The standard InChI is InChI=1S/C14H11Cl4N/c1-7(19)8-4-2-3-5-9(8)12-13(17)10(15)6-11(16)14(12)18/h2-7H,19H2,1H3. The molecule has 0 aliphatic heterocycles. The lowest BCUT2D eigenvalue weighted by atomic mass is 9.96. The van der Waals surface area contributed by atoms with E-state index in [1.807, 2.05) is 31.2 Å². The van der Waals surface area contributed by atoms with Gasteiger partial charge in [-0.25, -0.2) is 0 Å². The topological polar surface area (TPSA) is 26.0 Å². The molecule has 5 heteroatoms. The van der Waals surface area contributed by atoms with Crippen molar-refractivity contribution in [2.75, 3.05) is 0 Å². The molecule has 0 heterocycles. The van der Waals surface area contributed by atoms with Gasteiger partial charge in [0.05, 0.1) is 20.1 Å². The van der Waals surface area contributed by atoms with Gasteiger partial charge >= 0.3 is 0 Å². The second-order valence-electron chi connectivity index (χ2n) is 4.22. The minimum atomic E-state index is -0.152. The first-order valence-corrected chi connectivity index (χ1v) is 7.12. The second kappa shape index (κ2) is 5.90. The number of rotatable bonds is 2. The smallest absolute Gasteiger partial charge is 0.0686 e. The maximum Gasteiger partial charge on any atom is 0.0686 e. The monoisotopic (exact) mass is 333 g/mol. The van der Waals surface area contributed by atoms with Crippen LogP contribution >= 0.6 is 46.4 Å². The molecule has 0 radical (unpaired) electrons. The molecule has 0 saturated carbocycles. The first-order valence-electron chi connectivity index (χ1n) is 5.61. The van der Waals surface area contributed by atoms with E-state index in [0.29, 0.717) is 25.7 Å². The lowest BCUT2D eigenvalue weighted by Gasteiger charge is -2.16. The van der Waals surface area contributed by atoms with Crippen molar-refractivity contribution in [3.05, 3.63) is 56.0 Å². The summed E-state index contributed by atoms with van der Waals surface area (Å²) < 4.78 is 0. The van der Waals surface area contributed by atoms with Gasteiger partial charge in [0, 0.05) is 11.6 Å². The Morgan fingerprint density at radius 2 is 1.47 bits per heavy atom. The van der Waals surface area contributed by atoms with Crippen molar-refractivity contribution < 1.29 is 0 Å². The number of hydrogen-bond acceptors (Lipinski definition) is 1. The normalized spacial score (nSPS) is 12.5. The van der Waals surface area contributed by atoms with Crippen LogP contribution < -0.4 is 5.73 Å². The minimum absolute atomic E-state index is 0.152. The Kier molecular flexibility index (Phi) is 4.65. The molecule has 100 valence electrons. The van der Waals surface area contributed by atoms with Crippen molar-refractivity contribution in [1.82, 2.24) is 0 Å². The largest absolute Gasteiger partial charge is 0.324 e. The highest BCUT2D eigenvalue weighted by atomic mass is 35.5. The van der Waals surface area contributed by atoms with E-state index in [9.17, 15) is 0 Å². The minimum Gasteiger partial charge on any atom is -0.324 e. The molecule has 0 aliphatic carbocycles. The summed E-state index contributed by atoms with van der Waals surface area (Å²) in [5.41, 5.74) is 8.37. The lowest BCUT2D eigenvalue weighted by Crippen LogP contribution is -2.06. The predicted octanol–water partition coefficient (Wildman–Crippen LogP) is 5.99. The fraction of sp³-hybridized carbons (Fsp3) is 0.143. The van der Waals surface area contributed by atoms with Crippen LogP contribution in [0, 0.1) is 0 Å². The Balaban J connectivity index is 2.80. The maximum atomic E-state index is 6.27. The van der Waals surface area contributed by atoms with Crippen molar-refractivity contribution in [1.29, 1.82) is 0 Å². The van der Waals surface area contributed by atoms with Gasteiger partial charge in [-0.05, 0) is 24.1 Å². The third kappa shape index (κ3) is 2.86. The molecular formula is C14H11Cl4N. The molecule has 0 saturated heterocycles. The zero-order chi connectivity index (χ0) is 14.2. The number of hydrogen-bond donors (Lipinski definition) is 1. The molecular weight excluding hydrogens is 324 g/mol. The molecule has 19 heavy (non-hydrogen) atoms. The van der Waals surface area contributed by atoms with Crippen LogP contribution in [-0.2, 0) is 0 Å². The first-order chi connectivity index (χ1) is 8.93. The zero-order valence-corrected chi connectivity index (χ0v) is 13.1. The molecule has 0 aromatic heterocycles. The number of halogens is 4. The maximum absolute atomic E-state index is 6.27. The summed E-state index contributed by atoms with van der Waals surface area (Å²) in [5, 5.41) is 1.49. The van der Waals surface area contributed by atoms with Gasteiger partial charge in [-0.2, -0.15) is 0 Å². The Bertz CT molecular complexity index is 597. The summed E-state index contributed by atoms with van der Waals surface area (Å²) in [4.78, 5) is 0.